The van der Waals surface area contributed by atoms with Gasteiger partial charge in [-0.25, -0.2) is 4.79 Å². The molecule has 2 rings (SSSR count). The molecule has 1 aliphatic heterocycles. The Kier molecular flexibility index (Phi) is 3.80. The molecular weight excluding hydrogens is 244 g/mol. The number of aryl methyl sites for hydroxylation is 1. The molecule has 98 valence electrons. The quantitative estimate of drug-likeness (QED) is 0.617. The molecular formula is C15H14O4. The van der Waals surface area contributed by atoms with E-state index in [0.29, 0.717) is 5.76 Å². The van der Waals surface area contributed by atoms with Gasteiger partial charge in [0.25, 0.3) is 0 Å². The zero-order valence-electron chi connectivity index (χ0n) is 10.8. The van der Waals surface area contributed by atoms with E-state index in [0.717, 1.165) is 17.2 Å². The number of ketones is 1. The fraction of sp³-hybridized carbons (Fsp3) is 0.200. The first-order chi connectivity index (χ1) is 9.10. The van der Waals surface area contributed by atoms with Crippen molar-refractivity contribution in [3.8, 4) is 0 Å². The Hall–Kier alpha value is -2.36. The maximum atomic E-state index is 11.7. The molecule has 0 saturated heterocycles. The maximum absolute atomic E-state index is 11.7. The van der Waals surface area contributed by atoms with Crippen molar-refractivity contribution in [1.29, 1.82) is 0 Å². The SMILES string of the molecule is CCOC(=O)/C=C1\OC(c2ccc(C)cc2)=CC1=O. The second-order valence-corrected chi connectivity index (χ2v) is 4.10. The summed E-state index contributed by atoms with van der Waals surface area (Å²) in [6.07, 6.45) is 2.44. The van der Waals surface area contributed by atoms with Crippen LogP contribution in [-0.2, 0) is 19.1 Å². The standard InChI is InChI=1S/C15H14O4/c1-3-18-15(17)9-14-12(16)8-13(19-14)11-6-4-10(2)5-7-11/h4-9H,3H2,1-2H3/b14-9-. The summed E-state index contributed by atoms with van der Waals surface area (Å²) in [6, 6.07) is 7.58. The normalized spacial score (nSPS) is 16.2. The molecule has 19 heavy (non-hydrogen) atoms. The maximum Gasteiger partial charge on any atom is 0.334 e. The van der Waals surface area contributed by atoms with Gasteiger partial charge in [0, 0.05) is 11.6 Å². The minimum absolute atomic E-state index is 0.00553. The zero-order chi connectivity index (χ0) is 13.8. The number of hydrogen-bond acceptors (Lipinski definition) is 4. The van der Waals surface area contributed by atoms with E-state index in [1.807, 2.05) is 31.2 Å². The second-order valence-electron chi connectivity index (χ2n) is 4.10. The molecule has 0 atom stereocenters. The first-order valence-corrected chi connectivity index (χ1v) is 5.99. The fourth-order valence-corrected chi connectivity index (χ4v) is 1.64. The van der Waals surface area contributed by atoms with Gasteiger partial charge in [-0.15, -0.1) is 0 Å². The summed E-state index contributed by atoms with van der Waals surface area (Å²) in [7, 11) is 0. The third kappa shape index (κ3) is 3.10. The van der Waals surface area contributed by atoms with Gasteiger partial charge in [-0.2, -0.15) is 0 Å². The highest BCUT2D eigenvalue weighted by Crippen LogP contribution is 2.26. The highest BCUT2D eigenvalue weighted by Gasteiger charge is 2.23. The minimum Gasteiger partial charge on any atom is -0.463 e. The number of benzene rings is 1. The highest BCUT2D eigenvalue weighted by atomic mass is 16.5. The number of carbonyl (C=O) groups is 2. The number of ether oxygens (including phenoxy) is 2. The van der Waals surface area contributed by atoms with Crippen LogP contribution in [0.1, 0.15) is 18.1 Å². The van der Waals surface area contributed by atoms with Gasteiger partial charge in [-0.1, -0.05) is 29.8 Å². The van der Waals surface area contributed by atoms with Crippen molar-refractivity contribution < 1.29 is 19.1 Å². The predicted octanol–water partition coefficient (Wildman–Crippen LogP) is 2.38. The monoisotopic (exact) mass is 258 g/mol. The summed E-state index contributed by atoms with van der Waals surface area (Å²) in [5, 5.41) is 0. The van der Waals surface area contributed by atoms with Gasteiger partial charge in [0.1, 0.15) is 5.76 Å². The van der Waals surface area contributed by atoms with E-state index in [1.165, 1.54) is 6.08 Å². The molecule has 1 aromatic carbocycles. The first kappa shape index (κ1) is 13.1. The molecule has 4 nitrogen and oxygen atoms in total. The molecule has 0 saturated carbocycles. The molecule has 0 bridgehead atoms. The summed E-state index contributed by atoms with van der Waals surface area (Å²) in [5.74, 6) is -0.470. The van der Waals surface area contributed by atoms with Gasteiger partial charge >= 0.3 is 5.97 Å². The molecule has 0 unspecified atom stereocenters. The summed E-state index contributed by atoms with van der Waals surface area (Å²) in [4.78, 5) is 23.0. The van der Waals surface area contributed by atoms with Crippen molar-refractivity contribution in [3.05, 3.63) is 53.3 Å². The van der Waals surface area contributed by atoms with E-state index in [-0.39, 0.29) is 18.1 Å². The molecule has 0 aromatic heterocycles. The molecule has 1 heterocycles. The molecule has 0 amide bonds. The van der Waals surface area contributed by atoms with Gasteiger partial charge in [0.2, 0.25) is 5.78 Å². The molecule has 0 radical (unpaired) electrons. The van der Waals surface area contributed by atoms with Crippen LogP contribution in [0.3, 0.4) is 0 Å². The van der Waals surface area contributed by atoms with E-state index in [4.69, 9.17) is 9.47 Å². The average molecular weight is 258 g/mol. The lowest BCUT2D eigenvalue weighted by molar-refractivity contribution is -0.137. The van der Waals surface area contributed by atoms with Gasteiger partial charge in [0.05, 0.1) is 12.7 Å². The van der Waals surface area contributed by atoms with Crippen LogP contribution in [0.5, 0.6) is 0 Å². The summed E-state index contributed by atoms with van der Waals surface area (Å²) in [6.45, 7) is 3.93. The predicted molar refractivity (Wildman–Crippen MR) is 70.0 cm³/mol. The van der Waals surface area contributed by atoms with Crippen LogP contribution < -0.4 is 0 Å². The number of allylic oxidation sites excluding steroid dienone is 1. The fourth-order valence-electron chi connectivity index (χ4n) is 1.64. The lowest BCUT2D eigenvalue weighted by Gasteiger charge is -2.04. The van der Waals surface area contributed by atoms with Crippen LogP contribution >= 0.6 is 0 Å². The lowest BCUT2D eigenvalue weighted by atomic mass is 10.1. The number of carbonyl (C=O) groups excluding carboxylic acids is 2. The van der Waals surface area contributed by atoms with Crippen molar-refractivity contribution in [2.75, 3.05) is 6.61 Å². The van der Waals surface area contributed by atoms with Crippen molar-refractivity contribution in [1.82, 2.24) is 0 Å². The molecule has 0 aliphatic carbocycles. The second kappa shape index (κ2) is 5.52. The molecule has 0 spiro atoms. The summed E-state index contributed by atoms with van der Waals surface area (Å²) < 4.78 is 10.1. The van der Waals surface area contributed by atoms with E-state index in [9.17, 15) is 9.59 Å². The number of esters is 1. The van der Waals surface area contributed by atoms with E-state index >= 15 is 0 Å². The average Bonchev–Trinajstić information content (AvgIpc) is 2.72. The summed E-state index contributed by atoms with van der Waals surface area (Å²) >= 11 is 0. The van der Waals surface area contributed by atoms with E-state index < -0.39 is 5.97 Å². The van der Waals surface area contributed by atoms with E-state index in [1.54, 1.807) is 6.92 Å². The Morgan fingerprint density at radius 3 is 2.63 bits per heavy atom. The van der Waals surface area contributed by atoms with Gasteiger partial charge < -0.3 is 9.47 Å². The largest absolute Gasteiger partial charge is 0.463 e. The van der Waals surface area contributed by atoms with Crippen LogP contribution in [-0.4, -0.2) is 18.4 Å². The van der Waals surface area contributed by atoms with Crippen LogP contribution in [0.2, 0.25) is 0 Å². The first-order valence-electron chi connectivity index (χ1n) is 5.99. The molecule has 0 fully saturated rings. The number of rotatable bonds is 3. The van der Waals surface area contributed by atoms with Crippen molar-refractivity contribution >= 4 is 17.5 Å². The smallest absolute Gasteiger partial charge is 0.334 e. The zero-order valence-corrected chi connectivity index (χ0v) is 10.8. The van der Waals surface area contributed by atoms with E-state index in [2.05, 4.69) is 0 Å². The minimum atomic E-state index is -0.579. The summed E-state index contributed by atoms with van der Waals surface area (Å²) in [5.41, 5.74) is 1.92. The Labute approximate surface area is 111 Å². The van der Waals surface area contributed by atoms with Crippen LogP contribution in [0.4, 0.5) is 0 Å². The van der Waals surface area contributed by atoms with Gasteiger partial charge in [-0.3, -0.25) is 4.79 Å². The van der Waals surface area contributed by atoms with Gasteiger partial charge in [0.15, 0.2) is 5.76 Å². The van der Waals surface area contributed by atoms with Crippen molar-refractivity contribution in [2.45, 2.75) is 13.8 Å². The van der Waals surface area contributed by atoms with Crippen LogP contribution in [0.25, 0.3) is 5.76 Å². The third-order valence-corrected chi connectivity index (χ3v) is 2.60. The molecule has 0 N–H and O–H groups in total. The topological polar surface area (TPSA) is 52.6 Å². The van der Waals surface area contributed by atoms with Crippen LogP contribution in [0.15, 0.2) is 42.2 Å². The van der Waals surface area contributed by atoms with Crippen LogP contribution in [0, 0.1) is 6.92 Å². The number of hydrogen-bond donors (Lipinski definition) is 0. The third-order valence-electron chi connectivity index (χ3n) is 2.60. The molecule has 1 aromatic rings. The Balaban J connectivity index is 2.16. The Morgan fingerprint density at radius 2 is 2.00 bits per heavy atom. The van der Waals surface area contributed by atoms with Crippen molar-refractivity contribution in [2.24, 2.45) is 0 Å². The van der Waals surface area contributed by atoms with Crippen molar-refractivity contribution in [3.63, 3.8) is 0 Å². The molecule has 4 heteroatoms. The molecule has 1 aliphatic rings. The lowest BCUT2D eigenvalue weighted by Crippen LogP contribution is -2.04. The Morgan fingerprint density at radius 1 is 1.32 bits per heavy atom. The van der Waals surface area contributed by atoms with Gasteiger partial charge in [-0.05, 0) is 13.8 Å². The highest BCUT2D eigenvalue weighted by molar-refractivity contribution is 6.12. The Bertz CT molecular complexity index is 564.